The number of benzene rings is 1. The molecule has 0 N–H and O–H groups in total. The topological polar surface area (TPSA) is 75.1 Å². The first-order chi connectivity index (χ1) is 9.60. The number of hydrogen-bond acceptors (Lipinski definition) is 3. The van der Waals surface area contributed by atoms with Gasteiger partial charge in [-0.15, -0.1) is 0 Å². The fourth-order valence-electron chi connectivity index (χ4n) is 1.15. The normalized spacial score (nSPS) is 11.0. The molecule has 1 rings (SSSR count). The number of halogens is 7. The zero-order valence-corrected chi connectivity index (χ0v) is 11.8. The lowest BCUT2D eigenvalue weighted by Gasteiger charge is -2.13. The van der Waals surface area contributed by atoms with Crippen molar-refractivity contribution in [2.75, 3.05) is 6.61 Å². The second kappa shape index (κ2) is 6.57. The molecule has 0 amide bonds. The predicted molar refractivity (Wildman–Crippen MR) is 65.7 cm³/mol. The Balaban J connectivity index is 3.32. The smallest absolute Gasteiger partial charge is 0.344 e. The summed E-state index contributed by atoms with van der Waals surface area (Å²) >= 11 is 15.7. The minimum Gasteiger partial charge on any atom is -0.457 e. The van der Waals surface area contributed by atoms with E-state index in [4.69, 9.17) is 40.3 Å². The van der Waals surface area contributed by atoms with Gasteiger partial charge in [-0.25, -0.2) is 22.4 Å². The van der Waals surface area contributed by atoms with Gasteiger partial charge in [0.1, 0.15) is 17.9 Å². The minimum atomic E-state index is -2.11. The van der Waals surface area contributed by atoms with Crippen molar-refractivity contribution in [3.05, 3.63) is 39.3 Å². The van der Waals surface area contributed by atoms with Gasteiger partial charge in [0, 0.05) is 4.91 Å². The van der Waals surface area contributed by atoms with Crippen molar-refractivity contribution < 1.29 is 27.1 Å². The third-order valence-corrected chi connectivity index (χ3v) is 2.28. The van der Waals surface area contributed by atoms with Crippen LogP contribution in [0.3, 0.4) is 0 Å². The lowest BCUT2D eigenvalue weighted by molar-refractivity contribution is 0.0498. The molecule has 0 saturated carbocycles. The summed E-state index contributed by atoms with van der Waals surface area (Å²) in [7, 11) is 0. The molecule has 0 heterocycles. The van der Waals surface area contributed by atoms with Gasteiger partial charge in [0.25, 0.3) is 0 Å². The molecule has 12 heteroatoms. The predicted octanol–water partition coefficient (Wildman–Crippen LogP) is 4.71. The van der Waals surface area contributed by atoms with Crippen molar-refractivity contribution in [1.82, 2.24) is 0 Å². The van der Waals surface area contributed by atoms with Crippen molar-refractivity contribution in [3.8, 4) is 0 Å². The van der Waals surface area contributed by atoms with E-state index in [2.05, 4.69) is 9.85 Å². The monoisotopic (exact) mass is 365 g/mol. The highest BCUT2D eigenvalue weighted by molar-refractivity contribution is 6.67. The number of alkyl halides is 3. The van der Waals surface area contributed by atoms with Crippen LogP contribution in [0.15, 0.2) is 5.11 Å². The maximum Gasteiger partial charge on any atom is 0.344 e. The van der Waals surface area contributed by atoms with Gasteiger partial charge in [-0.2, -0.15) is 0 Å². The molecule has 0 aliphatic heterocycles. The Bertz CT molecular complexity index is 615. The molecule has 21 heavy (non-hydrogen) atoms. The molecule has 0 saturated heterocycles. The Morgan fingerprint density at radius 1 is 1.14 bits per heavy atom. The molecule has 114 valence electrons. The molecule has 0 fully saturated rings. The number of ether oxygens (including phenoxy) is 1. The van der Waals surface area contributed by atoms with E-state index < -0.39 is 50.9 Å². The van der Waals surface area contributed by atoms with Crippen LogP contribution in [0.5, 0.6) is 0 Å². The van der Waals surface area contributed by atoms with E-state index >= 15 is 0 Å². The third-order valence-electron chi connectivity index (χ3n) is 1.96. The second-order valence-electron chi connectivity index (χ2n) is 3.36. The highest BCUT2D eigenvalue weighted by Crippen LogP contribution is 2.32. The van der Waals surface area contributed by atoms with Crippen LogP contribution in [0.4, 0.5) is 23.2 Å². The molecule has 0 aliphatic carbocycles. The number of carbonyl (C=O) groups is 1. The van der Waals surface area contributed by atoms with Crippen LogP contribution in [0.2, 0.25) is 0 Å². The van der Waals surface area contributed by atoms with E-state index in [9.17, 15) is 22.4 Å². The standard InChI is InChI=1S/C9H2Cl3F4N3O2/c10-9(11,12)1-21-8(20)2-3(13)5(15)7(18-19-17)6(16)4(2)14/h1H2. The maximum absolute atomic E-state index is 13.5. The summed E-state index contributed by atoms with van der Waals surface area (Å²) in [6.45, 7) is -0.920. The van der Waals surface area contributed by atoms with Gasteiger partial charge < -0.3 is 4.74 Å². The summed E-state index contributed by atoms with van der Waals surface area (Å²) < 4.78 is 56.0. The van der Waals surface area contributed by atoms with Gasteiger partial charge in [-0.3, -0.25) is 0 Å². The van der Waals surface area contributed by atoms with Crippen LogP contribution in [-0.4, -0.2) is 16.4 Å². The highest BCUT2D eigenvalue weighted by atomic mass is 35.6. The Kier molecular flexibility index (Phi) is 5.52. The van der Waals surface area contributed by atoms with Gasteiger partial charge >= 0.3 is 5.97 Å². The lowest BCUT2D eigenvalue weighted by Crippen LogP contribution is -2.20. The van der Waals surface area contributed by atoms with Crippen LogP contribution in [-0.2, 0) is 4.74 Å². The molecule has 0 bridgehead atoms. The van der Waals surface area contributed by atoms with Crippen LogP contribution >= 0.6 is 34.8 Å². The number of esters is 1. The summed E-state index contributed by atoms with van der Waals surface area (Å²) in [4.78, 5) is 13.4. The number of rotatable bonds is 3. The number of azide groups is 1. The van der Waals surface area contributed by atoms with Gasteiger partial charge in [-0.05, 0) is 5.53 Å². The molecule has 5 nitrogen and oxygen atoms in total. The Labute approximate surface area is 129 Å². The van der Waals surface area contributed by atoms with Crippen LogP contribution in [0.1, 0.15) is 10.4 Å². The van der Waals surface area contributed by atoms with E-state index in [-0.39, 0.29) is 0 Å². The van der Waals surface area contributed by atoms with Crippen LogP contribution in [0, 0.1) is 23.3 Å². The van der Waals surface area contributed by atoms with E-state index in [1.807, 2.05) is 4.91 Å². The molecule has 1 aromatic rings. The van der Waals surface area contributed by atoms with E-state index in [1.165, 1.54) is 0 Å². The van der Waals surface area contributed by atoms with Crippen molar-refractivity contribution in [2.45, 2.75) is 3.79 Å². The molecule has 0 atom stereocenters. The number of nitrogens with zero attached hydrogens (tertiary/aromatic N) is 3. The van der Waals surface area contributed by atoms with Gasteiger partial charge in [0.15, 0.2) is 23.3 Å². The molecular weight excluding hydrogens is 364 g/mol. The summed E-state index contributed by atoms with van der Waals surface area (Å²) in [6.07, 6.45) is 0. The summed E-state index contributed by atoms with van der Waals surface area (Å²) in [5, 5.41) is 2.45. The lowest BCUT2D eigenvalue weighted by atomic mass is 10.1. The number of carbonyl (C=O) groups excluding carboxylic acids is 1. The average Bonchev–Trinajstić information content (AvgIpc) is 2.38. The van der Waals surface area contributed by atoms with Crippen LogP contribution < -0.4 is 0 Å². The van der Waals surface area contributed by atoms with Gasteiger partial charge in [0.05, 0.1) is 0 Å². The average molecular weight is 366 g/mol. The van der Waals surface area contributed by atoms with Crippen molar-refractivity contribution in [3.63, 3.8) is 0 Å². The molecule has 1 aromatic carbocycles. The first-order valence-corrected chi connectivity index (χ1v) is 5.88. The van der Waals surface area contributed by atoms with Gasteiger partial charge in [-0.1, -0.05) is 39.9 Å². The molecule has 0 spiro atoms. The summed E-state index contributed by atoms with van der Waals surface area (Å²) in [5.74, 6) is -10.1. The molecule has 0 aromatic heterocycles. The minimum absolute atomic E-state index is 0.920. The van der Waals surface area contributed by atoms with Crippen molar-refractivity contribution >= 4 is 46.5 Å². The van der Waals surface area contributed by atoms with Crippen LogP contribution in [0.25, 0.3) is 10.4 Å². The van der Waals surface area contributed by atoms with Gasteiger partial charge in [0.2, 0.25) is 3.79 Å². The Hall–Kier alpha value is -1.41. The Morgan fingerprint density at radius 3 is 2.00 bits per heavy atom. The third kappa shape index (κ3) is 4.04. The quantitative estimate of drug-likeness (QED) is 0.148. The largest absolute Gasteiger partial charge is 0.457 e. The molecular formula is C9H2Cl3F4N3O2. The molecule has 0 unspecified atom stereocenters. The first kappa shape index (κ1) is 17.6. The van der Waals surface area contributed by atoms with Crippen molar-refractivity contribution in [2.24, 2.45) is 5.11 Å². The SMILES string of the molecule is [N-]=[N+]=Nc1c(F)c(F)c(C(=O)OCC(Cl)(Cl)Cl)c(F)c1F. The summed E-state index contributed by atoms with van der Waals surface area (Å²) in [6, 6.07) is 0. The fraction of sp³-hybridized carbons (Fsp3) is 0.222. The zero-order valence-electron chi connectivity index (χ0n) is 9.51. The molecule has 0 radical (unpaired) electrons. The first-order valence-electron chi connectivity index (χ1n) is 4.75. The zero-order chi connectivity index (χ0) is 16.4. The van der Waals surface area contributed by atoms with E-state index in [1.54, 1.807) is 0 Å². The molecule has 0 aliphatic rings. The summed E-state index contributed by atoms with van der Waals surface area (Å²) in [5.41, 5.74) is 4.80. The Morgan fingerprint density at radius 2 is 1.62 bits per heavy atom. The fourth-order valence-corrected chi connectivity index (χ4v) is 1.32. The maximum atomic E-state index is 13.5. The highest BCUT2D eigenvalue weighted by Gasteiger charge is 2.31. The van der Waals surface area contributed by atoms with E-state index in [0.717, 1.165) is 0 Å². The van der Waals surface area contributed by atoms with E-state index in [0.29, 0.717) is 0 Å². The second-order valence-corrected chi connectivity index (χ2v) is 5.88. The number of hydrogen-bond donors (Lipinski definition) is 0. The van der Waals surface area contributed by atoms with Crippen molar-refractivity contribution in [1.29, 1.82) is 0 Å².